The van der Waals surface area contributed by atoms with Crippen molar-refractivity contribution < 1.29 is 19.0 Å². The number of ether oxygens (including phenoxy) is 3. The normalized spacial score (nSPS) is 10.7. The van der Waals surface area contributed by atoms with Gasteiger partial charge in [0.2, 0.25) is 0 Å². The Morgan fingerprint density at radius 2 is 1.77 bits per heavy atom. The Bertz CT molecular complexity index is 1050. The first-order chi connectivity index (χ1) is 15.1. The molecule has 0 aliphatic rings. The summed E-state index contributed by atoms with van der Waals surface area (Å²) in [6.45, 7) is 2.78. The molecule has 0 unspecified atom stereocenters. The van der Waals surface area contributed by atoms with Crippen LogP contribution in [-0.4, -0.2) is 25.8 Å². The lowest BCUT2D eigenvalue weighted by Gasteiger charge is -2.10. The van der Waals surface area contributed by atoms with Crippen molar-refractivity contribution in [3.05, 3.63) is 88.4 Å². The van der Waals surface area contributed by atoms with Gasteiger partial charge in [0, 0.05) is 16.1 Å². The van der Waals surface area contributed by atoms with Gasteiger partial charge < -0.3 is 14.2 Å². The van der Waals surface area contributed by atoms with Crippen molar-refractivity contribution in [2.24, 2.45) is 5.10 Å². The molecule has 3 aromatic carbocycles. The smallest absolute Gasteiger partial charge is 0.271 e. The number of carbonyl (C=O) groups excluding carboxylic acids is 1. The zero-order valence-electron chi connectivity index (χ0n) is 17.3. The van der Waals surface area contributed by atoms with E-state index < -0.39 is 0 Å². The fraction of sp³-hybridized carbons (Fsp3) is 0.167. The quantitative estimate of drug-likeness (QED) is 0.373. The average Bonchev–Trinajstić information content (AvgIpc) is 2.79. The highest BCUT2D eigenvalue weighted by Crippen LogP contribution is 2.28. The van der Waals surface area contributed by atoms with Gasteiger partial charge in [0.05, 0.1) is 19.9 Å². The number of carbonyl (C=O) groups is 1. The number of hydrogen-bond acceptors (Lipinski definition) is 5. The first kappa shape index (κ1) is 22.2. The molecular formula is C24H23ClN2O4. The Balaban J connectivity index is 1.68. The number of hydrazone groups is 1. The lowest BCUT2D eigenvalue weighted by atomic mass is 10.2. The first-order valence-electron chi connectivity index (χ1n) is 9.71. The summed E-state index contributed by atoms with van der Waals surface area (Å²) < 4.78 is 16.6. The zero-order valence-corrected chi connectivity index (χ0v) is 18.1. The fourth-order valence-corrected chi connectivity index (χ4v) is 2.98. The van der Waals surface area contributed by atoms with Crippen LogP contribution in [0.3, 0.4) is 0 Å². The number of hydrogen-bond donors (Lipinski definition) is 1. The predicted molar refractivity (Wildman–Crippen MR) is 121 cm³/mol. The number of halogens is 1. The maximum Gasteiger partial charge on any atom is 0.271 e. The maximum atomic E-state index is 12.5. The summed E-state index contributed by atoms with van der Waals surface area (Å²) in [4.78, 5) is 12.5. The van der Waals surface area contributed by atoms with Crippen LogP contribution in [0.1, 0.15) is 28.4 Å². The number of nitrogens with one attached hydrogen (secondary N) is 1. The molecule has 1 amide bonds. The lowest BCUT2D eigenvalue weighted by molar-refractivity contribution is 0.0954. The first-order valence-corrected chi connectivity index (χ1v) is 10.1. The minimum absolute atomic E-state index is 0.383. The molecule has 160 valence electrons. The molecule has 0 radical (unpaired) electrons. The molecule has 0 atom stereocenters. The SMILES string of the molecule is CCOc1ccc(C(=O)N/N=C/c2cc(Cl)ccc2OCc2ccccc2)cc1OC. The van der Waals surface area contributed by atoms with Gasteiger partial charge in [0.1, 0.15) is 12.4 Å². The Kier molecular flexibility index (Phi) is 7.90. The van der Waals surface area contributed by atoms with Gasteiger partial charge in [0.15, 0.2) is 11.5 Å². The third-order valence-electron chi connectivity index (χ3n) is 4.30. The summed E-state index contributed by atoms with van der Waals surface area (Å²) in [5.41, 5.74) is 4.59. The number of methoxy groups -OCH3 is 1. The van der Waals surface area contributed by atoms with Crippen LogP contribution >= 0.6 is 11.6 Å². The Morgan fingerprint density at radius 1 is 1.00 bits per heavy atom. The third-order valence-corrected chi connectivity index (χ3v) is 4.54. The van der Waals surface area contributed by atoms with E-state index in [9.17, 15) is 4.79 Å². The van der Waals surface area contributed by atoms with Gasteiger partial charge in [0.25, 0.3) is 5.91 Å². The molecule has 1 N–H and O–H groups in total. The van der Waals surface area contributed by atoms with Crippen LogP contribution in [0.25, 0.3) is 0 Å². The Hall–Kier alpha value is -3.51. The summed E-state index contributed by atoms with van der Waals surface area (Å²) in [5, 5.41) is 4.59. The van der Waals surface area contributed by atoms with Gasteiger partial charge in [-0.3, -0.25) is 4.79 Å². The molecule has 0 saturated carbocycles. The van der Waals surface area contributed by atoms with E-state index in [1.54, 1.807) is 36.4 Å². The van der Waals surface area contributed by atoms with Crippen LogP contribution in [0.2, 0.25) is 5.02 Å². The van der Waals surface area contributed by atoms with E-state index in [0.717, 1.165) is 5.56 Å². The molecule has 31 heavy (non-hydrogen) atoms. The molecule has 0 fully saturated rings. The second-order valence-electron chi connectivity index (χ2n) is 6.45. The largest absolute Gasteiger partial charge is 0.493 e. The fourth-order valence-electron chi connectivity index (χ4n) is 2.80. The van der Waals surface area contributed by atoms with E-state index >= 15 is 0 Å². The molecule has 0 saturated heterocycles. The zero-order chi connectivity index (χ0) is 22.1. The summed E-state index contributed by atoms with van der Waals surface area (Å²) in [5.74, 6) is 1.27. The van der Waals surface area contributed by atoms with Crippen LogP contribution in [0.15, 0.2) is 71.8 Å². The van der Waals surface area contributed by atoms with Crippen molar-refractivity contribution in [1.82, 2.24) is 5.43 Å². The van der Waals surface area contributed by atoms with E-state index in [4.69, 9.17) is 25.8 Å². The minimum Gasteiger partial charge on any atom is -0.493 e. The molecule has 6 nitrogen and oxygen atoms in total. The van der Waals surface area contributed by atoms with Gasteiger partial charge in [-0.2, -0.15) is 5.10 Å². The molecule has 0 aliphatic heterocycles. The van der Waals surface area contributed by atoms with E-state index in [-0.39, 0.29) is 5.91 Å². The van der Waals surface area contributed by atoms with Crippen molar-refractivity contribution >= 4 is 23.7 Å². The van der Waals surface area contributed by atoms with Crippen molar-refractivity contribution in [3.63, 3.8) is 0 Å². The average molecular weight is 439 g/mol. The maximum absolute atomic E-state index is 12.5. The Morgan fingerprint density at radius 3 is 2.52 bits per heavy atom. The lowest BCUT2D eigenvalue weighted by Crippen LogP contribution is -2.17. The van der Waals surface area contributed by atoms with Crippen molar-refractivity contribution in [2.75, 3.05) is 13.7 Å². The molecule has 0 aliphatic carbocycles. The van der Waals surface area contributed by atoms with E-state index in [1.165, 1.54) is 13.3 Å². The van der Waals surface area contributed by atoms with Crippen LogP contribution in [0.5, 0.6) is 17.2 Å². The van der Waals surface area contributed by atoms with E-state index in [0.29, 0.717) is 46.6 Å². The predicted octanol–water partition coefficient (Wildman–Crippen LogP) is 5.09. The third kappa shape index (κ3) is 6.23. The van der Waals surface area contributed by atoms with E-state index in [1.807, 2.05) is 37.3 Å². The molecule has 7 heteroatoms. The second-order valence-corrected chi connectivity index (χ2v) is 6.89. The number of rotatable bonds is 9. The molecule has 0 aromatic heterocycles. The highest BCUT2D eigenvalue weighted by atomic mass is 35.5. The highest BCUT2D eigenvalue weighted by Gasteiger charge is 2.11. The summed E-state index contributed by atoms with van der Waals surface area (Å²) in [6.07, 6.45) is 1.50. The number of nitrogens with zero attached hydrogens (tertiary/aromatic N) is 1. The molecule has 0 bridgehead atoms. The molecule has 0 heterocycles. The monoisotopic (exact) mass is 438 g/mol. The van der Waals surface area contributed by atoms with Crippen molar-refractivity contribution in [2.45, 2.75) is 13.5 Å². The van der Waals surface area contributed by atoms with Crippen LogP contribution in [0, 0.1) is 0 Å². The van der Waals surface area contributed by atoms with Crippen molar-refractivity contribution in [1.29, 1.82) is 0 Å². The molecule has 3 aromatic rings. The van der Waals surface area contributed by atoms with Crippen LogP contribution in [0.4, 0.5) is 0 Å². The van der Waals surface area contributed by atoms with Crippen LogP contribution in [-0.2, 0) is 6.61 Å². The topological polar surface area (TPSA) is 69.2 Å². The van der Waals surface area contributed by atoms with Crippen molar-refractivity contribution in [3.8, 4) is 17.2 Å². The number of benzene rings is 3. The molecular weight excluding hydrogens is 416 g/mol. The highest BCUT2D eigenvalue weighted by molar-refractivity contribution is 6.30. The van der Waals surface area contributed by atoms with Gasteiger partial charge in [-0.15, -0.1) is 0 Å². The summed E-state index contributed by atoms with van der Waals surface area (Å²) in [7, 11) is 1.52. The van der Waals surface area contributed by atoms with Gasteiger partial charge in [-0.25, -0.2) is 5.43 Å². The standard InChI is InChI=1S/C24H23ClN2O4/c1-3-30-22-11-9-18(14-23(22)29-2)24(28)27-26-15-19-13-20(25)10-12-21(19)31-16-17-7-5-4-6-8-17/h4-15H,3,16H2,1-2H3,(H,27,28)/b26-15+. The minimum atomic E-state index is -0.383. The molecule has 0 spiro atoms. The van der Waals surface area contributed by atoms with Crippen LogP contribution < -0.4 is 19.6 Å². The van der Waals surface area contributed by atoms with Gasteiger partial charge >= 0.3 is 0 Å². The number of amides is 1. The Labute approximate surface area is 186 Å². The summed E-state index contributed by atoms with van der Waals surface area (Å²) >= 11 is 6.11. The van der Waals surface area contributed by atoms with Gasteiger partial charge in [-0.1, -0.05) is 41.9 Å². The molecule has 3 rings (SSSR count). The van der Waals surface area contributed by atoms with Gasteiger partial charge in [-0.05, 0) is 48.9 Å². The summed E-state index contributed by atoms with van der Waals surface area (Å²) in [6, 6.07) is 20.0. The second kappa shape index (κ2) is 11.0. The van der Waals surface area contributed by atoms with E-state index in [2.05, 4.69) is 10.5 Å².